The molecule has 0 aliphatic heterocycles. The molecular weight excluding hydrogens is 296 g/mol. The van der Waals surface area contributed by atoms with Gasteiger partial charge in [0, 0.05) is 11.0 Å². The van der Waals surface area contributed by atoms with E-state index < -0.39 is 0 Å². The van der Waals surface area contributed by atoms with Gasteiger partial charge in [0.25, 0.3) is 5.91 Å². The van der Waals surface area contributed by atoms with Crippen molar-refractivity contribution in [2.45, 2.75) is 19.8 Å². The van der Waals surface area contributed by atoms with E-state index in [0.717, 1.165) is 22.9 Å². The van der Waals surface area contributed by atoms with Crippen LogP contribution in [0.5, 0.6) is 5.75 Å². The Morgan fingerprint density at radius 2 is 2.28 bits per heavy atom. The summed E-state index contributed by atoms with van der Waals surface area (Å²) in [5.41, 5.74) is 6.62. The topological polar surface area (TPSA) is 64.3 Å². The molecule has 0 unspecified atom stereocenters. The van der Waals surface area contributed by atoms with E-state index in [4.69, 9.17) is 10.5 Å². The van der Waals surface area contributed by atoms with Gasteiger partial charge >= 0.3 is 0 Å². The highest BCUT2D eigenvalue weighted by Gasteiger charge is 2.04. The number of hydrogen-bond donors (Lipinski definition) is 2. The van der Waals surface area contributed by atoms with Gasteiger partial charge in [0.1, 0.15) is 5.75 Å². The molecule has 1 aromatic carbocycles. The summed E-state index contributed by atoms with van der Waals surface area (Å²) in [5.74, 6) is 0.591. The zero-order chi connectivity index (χ0) is 13.4. The molecule has 0 bridgehead atoms. The normalized spacial score (nSPS) is 10.2. The molecule has 0 saturated carbocycles. The van der Waals surface area contributed by atoms with Crippen LogP contribution >= 0.6 is 15.9 Å². The van der Waals surface area contributed by atoms with Gasteiger partial charge in [0.15, 0.2) is 6.61 Å². The quantitative estimate of drug-likeness (QED) is 0.807. The maximum atomic E-state index is 11.4. The van der Waals surface area contributed by atoms with E-state index in [0.29, 0.717) is 18.8 Å². The number of nitrogens with one attached hydrogen (secondary N) is 1. The van der Waals surface area contributed by atoms with Crippen molar-refractivity contribution in [3.63, 3.8) is 0 Å². The predicted molar refractivity (Wildman–Crippen MR) is 75.7 cm³/mol. The van der Waals surface area contributed by atoms with Crippen LogP contribution in [0.15, 0.2) is 22.7 Å². The molecule has 0 fully saturated rings. The van der Waals surface area contributed by atoms with Crippen molar-refractivity contribution in [2.24, 2.45) is 5.73 Å². The summed E-state index contributed by atoms with van der Waals surface area (Å²) in [7, 11) is 0. The lowest BCUT2D eigenvalue weighted by Crippen LogP contribution is -2.29. The van der Waals surface area contributed by atoms with E-state index in [2.05, 4.69) is 21.2 Å². The maximum absolute atomic E-state index is 11.4. The third-order valence-electron chi connectivity index (χ3n) is 2.37. The zero-order valence-corrected chi connectivity index (χ0v) is 12.1. The smallest absolute Gasteiger partial charge is 0.257 e. The van der Waals surface area contributed by atoms with Crippen molar-refractivity contribution < 1.29 is 9.53 Å². The van der Waals surface area contributed by atoms with Gasteiger partial charge in [-0.05, 0) is 43.1 Å². The van der Waals surface area contributed by atoms with Gasteiger partial charge in [-0.1, -0.05) is 22.9 Å². The number of halogens is 1. The maximum Gasteiger partial charge on any atom is 0.257 e. The minimum Gasteiger partial charge on any atom is -0.484 e. The molecule has 1 amide bonds. The standard InChI is InChI=1S/C13H19BrN2O2/c1-2-7-16-13(17)9-18-11-3-4-12(14)10(8-11)5-6-15/h3-4,8H,2,5-7,9,15H2,1H3,(H,16,17). The molecule has 0 aliphatic rings. The minimum absolute atomic E-state index is 0.0453. The monoisotopic (exact) mass is 314 g/mol. The van der Waals surface area contributed by atoms with E-state index in [9.17, 15) is 4.79 Å². The Morgan fingerprint density at radius 1 is 1.50 bits per heavy atom. The first-order valence-corrected chi connectivity index (χ1v) is 6.84. The third-order valence-corrected chi connectivity index (χ3v) is 3.15. The third kappa shape index (κ3) is 5.06. The summed E-state index contributed by atoms with van der Waals surface area (Å²) in [6.07, 6.45) is 1.70. The largest absolute Gasteiger partial charge is 0.484 e. The van der Waals surface area contributed by atoms with Crippen molar-refractivity contribution in [2.75, 3.05) is 19.7 Å². The number of benzene rings is 1. The molecule has 100 valence electrons. The van der Waals surface area contributed by atoms with Crippen molar-refractivity contribution in [1.29, 1.82) is 0 Å². The fourth-order valence-corrected chi connectivity index (χ4v) is 1.90. The zero-order valence-electron chi connectivity index (χ0n) is 10.5. The number of carbonyl (C=O) groups excluding carboxylic acids is 1. The van der Waals surface area contributed by atoms with Crippen LogP contribution in [0, 0.1) is 0 Å². The van der Waals surface area contributed by atoms with Gasteiger partial charge < -0.3 is 15.8 Å². The molecule has 0 heterocycles. The fourth-order valence-electron chi connectivity index (χ4n) is 1.45. The highest BCUT2D eigenvalue weighted by Crippen LogP contribution is 2.22. The average molecular weight is 315 g/mol. The molecule has 5 heteroatoms. The van der Waals surface area contributed by atoms with E-state index in [1.807, 2.05) is 25.1 Å². The number of rotatable bonds is 7. The Bertz CT molecular complexity index is 397. The highest BCUT2D eigenvalue weighted by molar-refractivity contribution is 9.10. The van der Waals surface area contributed by atoms with E-state index in [1.165, 1.54) is 0 Å². The van der Waals surface area contributed by atoms with Crippen LogP contribution in [-0.4, -0.2) is 25.6 Å². The van der Waals surface area contributed by atoms with Crippen LogP contribution < -0.4 is 15.8 Å². The lowest BCUT2D eigenvalue weighted by molar-refractivity contribution is -0.123. The number of amides is 1. The summed E-state index contributed by atoms with van der Waals surface area (Å²) in [5, 5.41) is 2.76. The summed E-state index contributed by atoms with van der Waals surface area (Å²) >= 11 is 3.46. The van der Waals surface area contributed by atoms with Crippen molar-refractivity contribution >= 4 is 21.8 Å². The van der Waals surface area contributed by atoms with Gasteiger partial charge in [-0.3, -0.25) is 4.79 Å². The van der Waals surface area contributed by atoms with Gasteiger partial charge in [0.2, 0.25) is 0 Å². The lowest BCUT2D eigenvalue weighted by atomic mass is 10.1. The lowest BCUT2D eigenvalue weighted by Gasteiger charge is -2.09. The van der Waals surface area contributed by atoms with Crippen LogP contribution in [0.3, 0.4) is 0 Å². The van der Waals surface area contributed by atoms with E-state index in [1.54, 1.807) is 0 Å². The molecule has 4 nitrogen and oxygen atoms in total. The second-order valence-corrected chi connectivity index (χ2v) is 4.78. The van der Waals surface area contributed by atoms with Crippen molar-refractivity contribution in [3.05, 3.63) is 28.2 Å². The number of nitrogens with two attached hydrogens (primary N) is 1. The molecular formula is C13H19BrN2O2. The van der Waals surface area contributed by atoms with Crippen molar-refractivity contribution in [1.82, 2.24) is 5.32 Å². The van der Waals surface area contributed by atoms with Crippen LogP contribution in [0.4, 0.5) is 0 Å². The highest BCUT2D eigenvalue weighted by atomic mass is 79.9. The molecule has 3 N–H and O–H groups in total. The Hall–Kier alpha value is -1.07. The second-order valence-electron chi connectivity index (χ2n) is 3.93. The van der Waals surface area contributed by atoms with E-state index >= 15 is 0 Å². The number of ether oxygens (including phenoxy) is 1. The van der Waals surface area contributed by atoms with E-state index in [-0.39, 0.29) is 12.5 Å². The van der Waals surface area contributed by atoms with Gasteiger partial charge in [-0.2, -0.15) is 0 Å². The number of carbonyl (C=O) groups is 1. The van der Waals surface area contributed by atoms with Crippen LogP contribution in [-0.2, 0) is 11.2 Å². The Morgan fingerprint density at radius 3 is 2.94 bits per heavy atom. The molecule has 0 spiro atoms. The fraction of sp³-hybridized carbons (Fsp3) is 0.462. The van der Waals surface area contributed by atoms with Gasteiger partial charge in [-0.15, -0.1) is 0 Å². The first-order valence-electron chi connectivity index (χ1n) is 6.05. The Kier molecular flexibility index (Phi) is 6.75. The van der Waals surface area contributed by atoms with Crippen molar-refractivity contribution in [3.8, 4) is 5.75 Å². The summed E-state index contributed by atoms with van der Waals surface area (Å²) < 4.78 is 6.44. The predicted octanol–water partition coefficient (Wildman–Crippen LogP) is 1.86. The van der Waals surface area contributed by atoms with Gasteiger partial charge in [-0.25, -0.2) is 0 Å². The molecule has 18 heavy (non-hydrogen) atoms. The minimum atomic E-state index is -0.0971. The summed E-state index contributed by atoms with van der Waals surface area (Å²) in [6.45, 7) is 3.32. The average Bonchev–Trinajstić information content (AvgIpc) is 2.37. The first-order chi connectivity index (χ1) is 8.67. The molecule has 0 saturated heterocycles. The summed E-state index contributed by atoms with van der Waals surface area (Å²) in [6, 6.07) is 5.64. The summed E-state index contributed by atoms with van der Waals surface area (Å²) in [4.78, 5) is 11.4. The number of hydrogen-bond acceptors (Lipinski definition) is 3. The SMILES string of the molecule is CCCNC(=O)COc1ccc(Br)c(CCN)c1. The second kappa shape index (κ2) is 8.11. The van der Waals surface area contributed by atoms with Crippen LogP contribution in [0.2, 0.25) is 0 Å². The molecule has 0 aliphatic carbocycles. The molecule has 1 aromatic rings. The molecule has 0 atom stereocenters. The Labute approximate surface area is 116 Å². The molecule has 1 rings (SSSR count). The Balaban J connectivity index is 2.52. The molecule has 0 aromatic heterocycles. The molecule has 0 radical (unpaired) electrons. The van der Waals surface area contributed by atoms with Crippen LogP contribution in [0.1, 0.15) is 18.9 Å². The first kappa shape index (κ1) is 15.0. The van der Waals surface area contributed by atoms with Crippen LogP contribution in [0.25, 0.3) is 0 Å². The van der Waals surface area contributed by atoms with Gasteiger partial charge in [0.05, 0.1) is 0 Å².